The highest BCUT2D eigenvalue weighted by atomic mass is 16.3. The molecule has 1 saturated heterocycles. The standard InChI is InChI=1S/C6H10N2O2/c1-4-3-6(2,10)8-5(9)7-4/h10H,1,3H2,2H3,(H2,7,8,9). The van der Waals surface area contributed by atoms with E-state index in [0.717, 1.165) is 0 Å². The molecule has 4 nitrogen and oxygen atoms in total. The van der Waals surface area contributed by atoms with E-state index in [4.69, 9.17) is 0 Å². The number of nitrogens with one attached hydrogen (secondary N) is 2. The molecule has 3 N–H and O–H groups in total. The molecule has 1 rings (SSSR count). The van der Waals surface area contributed by atoms with Gasteiger partial charge in [-0.25, -0.2) is 4.79 Å². The van der Waals surface area contributed by atoms with Crippen LogP contribution in [0.1, 0.15) is 13.3 Å². The number of aliphatic hydroxyl groups is 1. The highest BCUT2D eigenvalue weighted by molar-refractivity contribution is 5.77. The topological polar surface area (TPSA) is 61.4 Å². The van der Waals surface area contributed by atoms with Crippen molar-refractivity contribution in [2.45, 2.75) is 19.1 Å². The molecule has 1 fully saturated rings. The first-order valence-corrected chi connectivity index (χ1v) is 2.99. The van der Waals surface area contributed by atoms with Gasteiger partial charge in [0.1, 0.15) is 5.72 Å². The maximum Gasteiger partial charge on any atom is 0.321 e. The van der Waals surface area contributed by atoms with Crippen molar-refractivity contribution in [3.05, 3.63) is 12.3 Å². The molecule has 4 heteroatoms. The fourth-order valence-corrected chi connectivity index (χ4v) is 0.940. The van der Waals surface area contributed by atoms with Crippen molar-refractivity contribution in [2.24, 2.45) is 0 Å². The smallest absolute Gasteiger partial charge is 0.321 e. The minimum Gasteiger partial charge on any atom is -0.371 e. The zero-order valence-corrected chi connectivity index (χ0v) is 5.77. The van der Waals surface area contributed by atoms with Crippen LogP contribution in [-0.4, -0.2) is 16.9 Å². The number of urea groups is 1. The van der Waals surface area contributed by atoms with Crippen molar-refractivity contribution in [3.63, 3.8) is 0 Å². The summed E-state index contributed by atoms with van der Waals surface area (Å²) in [5.74, 6) is 0. The Morgan fingerprint density at radius 3 is 2.80 bits per heavy atom. The lowest BCUT2D eigenvalue weighted by atomic mass is 10.1. The van der Waals surface area contributed by atoms with Gasteiger partial charge < -0.3 is 15.7 Å². The molecule has 0 aromatic heterocycles. The van der Waals surface area contributed by atoms with Crippen molar-refractivity contribution >= 4 is 6.03 Å². The summed E-state index contributed by atoms with van der Waals surface area (Å²) < 4.78 is 0. The first-order chi connectivity index (χ1) is 4.49. The van der Waals surface area contributed by atoms with E-state index in [9.17, 15) is 9.90 Å². The van der Waals surface area contributed by atoms with Gasteiger partial charge in [-0.3, -0.25) is 0 Å². The lowest BCUT2D eigenvalue weighted by molar-refractivity contribution is 0.0275. The Kier molecular flexibility index (Phi) is 1.40. The van der Waals surface area contributed by atoms with Gasteiger partial charge in [0.05, 0.1) is 0 Å². The van der Waals surface area contributed by atoms with Gasteiger partial charge in [-0.1, -0.05) is 6.58 Å². The van der Waals surface area contributed by atoms with Gasteiger partial charge in [0.15, 0.2) is 0 Å². The van der Waals surface area contributed by atoms with Crippen molar-refractivity contribution in [1.29, 1.82) is 0 Å². The second-order valence-corrected chi connectivity index (χ2v) is 2.63. The van der Waals surface area contributed by atoms with Crippen LogP contribution in [0.15, 0.2) is 12.3 Å². The zero-order chi connectivity index (χ0) is 7.78. The van der Waals surface area contributed by atoms with E-state index in [1.54, 1.807) is 0 Å². The molecule has 2 amide bonds. The molecule has 0 aliphatic carbocycles. The fraction of sp³-hybridized carbons (Fsp3) is 0.500. The number of carbonyl (C=O) groups excluding carboxylic acids is 1. The third-order valence-corrected chi connectivity index (χ3v) is 1.23. The number of amides is 2. The van der Waals surface area contributed by atoms with Gasteiger partial charge >= 0.3 is 6.03 Å². The molecule has 1 aliphatic rings. The van der Waals surface area contributed by atoms with E-state index in [2.05, 4.69) is 17.2 Å². The largest absolute Gasteiger partial charge is 0.371 e. The van der Waals surface area contributed by atoms with Crippen LogP contribution in [0.25, 0.3) is 0 Å². The second-order valence-electron chi connectivity index (χ2n) is 2.63. The Balaban J connectivity index is 2.68. The predicted molar refractivity (Wildman–Crippen MR) is 36.0 cm³/mol. The highest BCUT2D eigenvalue weighted by Crippen LogP contribution is 2.13. The Labute approximate surface area is 58.9 Å². The maximum atomic E-state index is 10.6. The molecule has 0 spiro atoms. The van der Waals surface area contributed by atoms with Crippen LogP contribution in [0.2, 0.25) is 0 Å². The van der Waals surface area contributed by atoms with Gasteiger partial charge in [-0.15, -0.1) is 0 Å². The van der Waals surface area contributed by atoms with E-state index in [-0.39, 0.29) is 0 Å². The van der Waals surface area contributed by atoms with Crippen molar-refractivity contribution in [2.75, 3.05) is 0 Å². The average Bonchev–Trinajstić information content (AvgIpc) is 1.54. The lowest BCUT2D eigenvalue weighted by Gasteiger charge is -2.30. The molecule has 1 atom stereocenters. The predicted octanol–water partition coefficient (Wildman–Crippen LogP) is -0.0885. The Hall–Kier alpha value is -1.03. The molecule has 0 aromatic carbocycles. The molecule has 0 saturated carbocycles. The summed E-state index contributed by atoms with van der Waals surface area (Å²) in [4.78, 5) is 10.6. The lowest BCUT2D eigenvalue weighted by Crippen LogP contribution is -2.55. The van der Waals surface area contributed by atoms with E-state index in [0.29, 0.717) is 12.1 Å². The van der Waals surface area contributed by atoms with Crippen LogP contribution in [0, 0.1) is 0 Å². The number of hydrogen-bond donors (Lipinski definition) is 3. The zero-order valence-electron chi connectivity index (χ0n) is 5.77. The maximum absolute atomic E-state index is 10.6. The SMILES string of the molecule is C=C1CC(C)(O)NC(=O)N1. The normalized spacial score (nSPS) is 33.0. The molecule has 10 heavy (non-hydrogen) atoms. The number of carbonyl (C=O) groups is 1. The summed E-state index contributed by atoms with van der Waals surface area (Å²) in [6.45, 7) is 5.05. The van der Waals surface area contributed by atoms with Gasteiger partial charge in [0, 0.05) is 12.1 Å². The average molecular weight is 142 g/mol. The summed E-state index contributed by atoms with van der Waals surface area (Å²) >= 11 is 0. The summed E-state index contributed by atoms with van der Waals surface area (Å²) in [5.41, 5.74) is -0.604. The molecular formula is C6H10N2O2. The van der Waals surface area contributed by atoms with Gasteiger partial charge in [0.25, 0.3) is 0 Å². The van der Waals surface area contributed by atoms with Crippen LogP contribution in [-0.2, 0) is 0 Å². The molecule has 0 radical (unpaired) electrons. The van der Waals surface area contributed by atoms with Crippen LogP contribution >= 0.6 is 0 Å². The van der Waals surface area contributed by atoms with E-state index in [1.165, 1.54) is 6.92 Å². The van der Waals surface area contributed by atoms with Crippen LogP contribution < -0.4 is 10.6 Å². The van der Waals surface area contributed by atoms with Crippen molar-refractivity contribution < 1.29 is 9.90 Å². The van der Waals surface area contributed by atoms with Crippen LogP contribution in [0.4, 0.5) is 4.79 Å². The van der Waals surface area contributed by atoms with Gasteiger partial charge in [0.2, 0.25) is 0 Å². The quantitative estimate of drug-likeness (QED) is 0.442. The summed E-state index contributed by atoms with van der Waals surface area (Å²) in [7, 11) is 0. The van der Waals surface area contributed by atoms with E-state index < -0.39 is 11.8 Å². The molecule has 0 bridgehead atoms. The minimum atomic E-state index is -1.14. The molecular weight excluding hydrogens is 132 g/mol. The highest BCUT2D eigenvalue weighted by Gasteiger charge is 2.28. The third kappa shape index (κ3) is 1.48. The van der Waals surface area contributed by atoms with E-state index in [1.807, 2.05) is 0 Å². The number of hydrogen-bond acceptors (Lipinski definition) is 2. The molecule has 0 aromatic rings. The van der Waals surface area contributed by atoms with Gasteiger partial charge in [-0.05, 0) is 6.92 Å². The minimum absolute atomic E-state index is 0.346. The summed E-state index contributed by atoms with van der Waals surface area (Å²) in [6, 6.07) is -0.402. The molecule has 1 unspecified atom stereocenters. The Morgan fingerprint density at radius 2 is 2.40 bits per heavy atom. The molecule has 56 valence electrons. The van der Waals surface area contributed by atoms with Crippen molar-refractivity contribution in [3.8, 4) is 0 Å². The first kappa shape index (κ1) is 7.08. The molecule has 1 heterocycles. The van der Waals surface area contributed by atoms with Crippen LogP contribution in [0.3, 0.4) is 0 Å². The van der Waals surface area contributed by atoms with Crippen molar-refractivity contribution in [1.82, 2.24) is 10.6 Å². The Morgan fingerprint density at radius 1 is 1.80 bits per heavy atom. The third-order valence-electron chi connectivity index (χ3n) is 1.23. The number of rotatable bonds is 0. The Bertz CT molecular complexity index is 168. The monoisotopic (exact) mass is 142 g/mol. The fourth-order valence-electron chi connectivity index (χ4n) is 0.940. The molecule has 1 aliphatic heterocycles. The van der Waals surface area contributed by atoms with Crippen LogP contribution in [0.5, 0.6) is 0 Å². The van der Waals surface area contributed by atoms with Gasteiger partial charge in [-0.2, -0.15) is 0 Å². The summed E-state index contributed by atoms with van der Waals surface area (Å²) in [5, 5.41) is 14.0. The second kappa shape index (κ2) is 1.98. The first-order valence-electron chi connectivity index (χ1n) is 2.99. The van der Waals surface area contributed by atoms with E-state index >= 15 is 0 Å². The summed E-state index contributed by atoms with van der Waals surface area (Å²) in [6.07, 6.45) is 0.346.